The zero-order valence-corrected chi connectivity index (χ0v) is 17.0. The molecule has 4 heterocycles. The van der Waals surface area contributed by atoms with Gasteiger partial charge in [0.05, 0.1) is 5.75 Å². The maximum absolute atomic E-state index is 12.4. The normalized spacial score (nSPS) is 18.1. The molecule has 0 aromatic carbocycles. The smallest absolute Gasteiger partial charge is 0.232 e. The molecule has 0 N–H and O–H groups in total. The molecule has 5 nitrogen and oxygen atoms in total. The monoisotopic (exact) mass is 394 g/mol. The van der Waals surface area contributed by atoms with E-state index in [0.717, 1.165) is 60.5 Å². The van der Waals surface area contributed by atoms with Gasteiger partial charge in [-0.1, -0.05) is 23.5 Å². The summed E-state index contributed by atoms with van der Waals surface area (Å²) in [6, 6.07) is 0. The minimum absolute atomic E-state index is 0.240. The predicted molar refractivity (Wildman–Crippen MR) is 106 cm³/mol. The maximum Gasteiger partial charge on any atom is 0.232 e. The number of hydrogen-bond acceptors (Lipinski definition) is 7. The van der Waals surface area contributed by atoms with E-state index in [-0.39, 0.29) is 5.91 Å². The Balaban J connectivity index is 1.65. The third-order valence-electron chi connectivity index (χ3n) is 4.81. The molecule has 1 amide bonds. The van der Waals surface area contributed by atoms with Gasteiger partial charge in [-0.3, -0.25) is 4.79 Å². The molecule has 2 aromatic heterocycles. The number of hydrogen-bond donors (Lipinski definition) is 0. The Morgan fingerprint density at radius 1 is 1.24 bits per heavy atom. The van der Waals surface area contributed by atoms with E-state index < -0.39 is 0 Å². The fraction of sp³-hybridized carbons (Fsp3) is 0.588. The van der Waals surface area contributed by atoms with Gasteiger partial charge in [0.2, 0.25) is 5.91 Å². The number of rotatable bonds is 4. The third-order valence-corrected chi connectivity index (χ3v) is 7.43. The lowest BCUT2D eigenvalue weighted by Gasteiger charge is -2.22. The molecule has 8 heteroatoms. The van der Waals surface area contributed by atoms with Crippen molar-refractivity contribution in [2.75, 3.05) is 38.7 Å². The minimum Gasteiger partial charge on any atom is -0.342 e. The van der Waals surface area contributed by atoms with Gasteiger partial charge in [0.1, 0.15) is 9.86 Å². The van der Waals surface area contributed by atoms with Gasteiger partial charge in [0, 0.05) is 36.4 Å². The van der Waals surface area contributed by atoms with E-state index >= 15 is 0 Å². The van der Waals surface area contributed by atoms with Crippen LogP contribution in [-0.2, 0) is 17.8 Å². The van der Waals surface area contributed by atoms with Crippen molar-refractivity contribution >= 4 is 51.0 Å². The number of carbonyl (C=O) groups is 1. The Morgan fingerprint density at radius 3 is 2.80 bits per heavy atom. The molecule has 0 aliphatic carbocycles. The van der Waals surface area contributed by atoms with Crippen LogP contribution in [0.15, 0.2) is 10.2 Å². The zero-order chi connectivity index (χ0) is 17.4. The molecule has 1 saturated heterocycles. The van der Waals surface area contributed by atoms with Crippen molar-refractivity contribution < 1.29 is 4.79 Å². The highest BCUT2D eigenvalue weighted by Gasteiger charge is 2.24. The summed E-state index contributed by atoms with van der Waals surface area (Å²) < 4.78 is 0. The molecule has 4 rings (SSSR count). The van der Waals surface area contributed by atoms with Crippen LogP contribution in [0.1, 0.15) is 23.3 Å². The van der Waals surface area contributed by atoms with Crippen LogP contribution < -0.4 is 0 Å². The number of nitrogens with zero attached hydrogens (tertiary/aromatic N) is 4. The third kappa shape index (κ3) is 3.54. The number of thiophene rings is 1. The van der Waals surface area contributed by atoms with Gasteiger partial charge in [-0.25, -0.2) is 9.97 Å². The average Bonchev–Trinajstić information content (AvgIpc) is 3.26. The van der Waals surface area contributed by atoms with Crippen molar-refractivity contribution in [1.82, 2.24) is 19.8 Å². The van der Waals surface area contributed by atoms with Crippen LogP contribution in [0.25, 0.3) is 10.2 Å². The largest absolute Gasteiger partial charge is 0.342 e. The Bertz CT molecular complexity index is 801. The lowest BCUT2D eigenvalue weighted by atomic mass is 10.1. The first-order chi connectivity index (χ1) is 12.2. The van der Waals surface area contributed by atoms with Crippen LogP contribution >= 0.6 is 34.9 Å². The Labute approximate surface area is 160 Å². The number of likely N-dealkylation sites (tertiary alicyclic amines) is 1. The lowest BCUT2D eigenvalue weighted by Crippen LogP contribution is -2.29. The molecule has 0 spiro atoms. The second-order valence-corrected chi connectivity index (χ2v) is 9.38. The molecule has 25 heavy (non-hydrogen) atoms. The number of carbonyl (C=O) groups excluding carboxylic acids is 1. The zero-order valence-electron chi connectivity index (χ0n) is 14.6. The van der Waals surface area contributed by atoms with Gasteiger partial charge >= 0.3 is 0 Å². The second-order valence-electron chi connectivity index (χ2n) is 6.56. The fourth-order valence-electron chi connectivity index (χ4n) is 3.45. The quantitative estimate of drug-likeness (QED) is 0.451. The van der Waals surface area contributed by atoms with E-state index in [9.17, 15) is 4.79 Å². The number of aromatic nitrogens is 2. The summed E-state index contributed by atoms with van der Waals surface area (Å²) in [6.45, 7) is 3.88. The first kappa shape index (κ1) is 17.6. The van der Waals surface area contributed by atoms with E-state index in [4.69, 9.17) is 9.97 Å². The van der Waals surface area contributed by atoms with Crippen molar-refractivity contribution in [3.05, 3.63) is 10.4 Å². The van der Waals surface area contributed by atoms with Crippen LogP contribution in [-0.4, -0.2) is 64.4 Å². The van der Waals surface area contributed by atoms with Crippen molar-refractivity contribution in [2.45, 2.75) is 36.0 Å². The Kier molecular flexibility index (Phi) is 5.22. The minimum atomic E-state index is 0.240. The Morgan fingerprint density at radius 2 is 2.04 bits per heavy atom. The van der Waals surface area contributed by atoms with E-state index in [2.05, 4.69) is 11.9 Å². The van der Waals surface area contributed by atoms with Crippen LogP contribution in [0.4, 0.5) is 0 Å². The van der Waals surface area contributed by atoms with Crippen molar-refractivity contribution in [1.29, 1.82) is 0 Å². The van der Waals surface area contributed by atoms with Crippen LogP contribution in [0.5, 0.6) is 0 Å². The van der Waals surface area contributed by atoms with E-state index in [1.165, 1.54) is 15.8 Å². The topological polar surface area (TPSA) is 49.3 Å². The highest BCUT2D eigenvalue weighted by molar-refractivity contribution is 8.00. The van der Waals surface area contributed by atoms with Gasteiger partial charge in [-0.05, 0) is 38.1 Å². The van der Waals surface area contributed by atoms with Crippen LogP contribution in [0, 0.1) is 0 Å². The molecule has 2 aliphatic heterocycles. The molecule has 2 aliphatic rings. The molecular weight excluding hydrogens is 372 g/mol. The summed E-state index contributed by atoms with van der Waals surface area (Å²) in [6.07, 6.45) is 5.32. The number of amides is 1. The number of likely N-dealkylation sites (N-methyl/N-ethyl adjacent to an activating group) is 1. The maximum atomic E-state index is 12.4. The highest BCUT2D eigenvalue weighted by atomic mass is 32.2. The first-order valence-corrected chi connectivity index (χ1v) is 11.6. The molecule has 0 saturated carbocycles. The molecule has 0 atom stereocenters. The Hall–Kier alpha value is -0.830. The van der Waals surface area contributed by atoms with Crippen LogP contribution in [0.3, 0.4) is 0 Å². The molecule has 0 unspecified atom stereocenters. The van der Waals surface area contributed by atoms with E-state index in [1.54, 1.807) is 34.9 Å². The number of fused-ring (bicyclic) bond motifs is 3. The van der Waals surface area contributed by atoms with Gasteiger partial charge in [-0.2, -0.15) is 0 Å². The number of thioether (sulfide) groups is 2. The summed E-state index contributed by atoms with van der Waals surface area (Å²) in [5.74, 6) is 0.716. The van der Waals surface area contributed by atoms with Crippen molar-refractivity contribution in [2.24, 2.45) is 0 Å². The second kappa shape index (κ2) is 7.42. The van der Waals surface area contributed by atoms with Crippen molar-refractivity contribution in [3.8, 4) is 0 Å². The summed E-state index contributed by atoms with van der Waals surface area (Å²) in [7, 11) is 2.16. The molecular formula is C17H22N4OS3. The molecule has 134 valence electrons. The van der Waals surface area contributed by atoms with Gasteiger partial charge < -0.3 is 9.80 Å². The molecule has 0 bridgehead atoms. The SMILES string of the molecule is CSc1nc(SCC(=O)N2CCCC2)c2c3c(sc2n1)CN(C)CC3. The summed E-state index contributed by atoms with van der Waals surface area (Å²) >= 11 is 4.95. The summed E-state index contributed by atoms with van der Waals surface area (Å²) in [5, 5.41) is 2.99. The van der Waals surface area contributed by atoms with Gasteiger partial charge in [-0.15, -0.1) is 11.3 Å². The molecule has 1 fully saturated rings. The summed E-state index contributed by atoms with van der Waals surface area (Å²) in [4.78, 5) is 28.7. The van der Waals surface area contributed by atoms with Gasteiger partial charge in [0.15, 0.2) is 5.16 Å². The van der Waals surface area contributed by atoms with Crippen molar-refractivity contribution in [3.63, 3.8) is 0 Å². The predicted octanol–water partition coefficient (Wildman–Crippen LogP) is 3.12. The first-order valence-electron chi connectivity index (χ1n) is 8.61. The lowest BCUT2D eigenvalue weighted by molar-refractivity contribution is -0.127. The molecule has 2 aromatic rings. The van der Waals surface area contributed by atoms with Crippen LogP contribution in [0.2, 0.25) is 0 Å². The standard InChI is InChI=1S/C17H22N4OS3/c1-20-8-5-11-12(9-20)25-16-14(11)15(18-17(19-16)23-2)24-10-13(22)21-6-3-4-7-21/h3-10H2,1-2H3. The molecule has 0 radical (unpaired) electrons. The van der Waals surface area contributed by atoms with E-state index in [1.807, 2.05) is 11.2 Å². The summed E-state index contributed by atoms with van der Waals surface area (Å²) in [5.41, 5.74) is 1.40. The fourth-order valence-corrected chi connectivity index (χ4v) is 6.26. The highest BCUT2D eigenvalue weighted by Crippen LogP contribution is 2.39. The van der Waals surface area contributed by atoms with Gasteiger partial charge in [0.25, 0.3) is 0 Å². The average molecular weight is 395 g/mol. The van der Waals surface area contributed by atoms with E-state index in [0.29, 0.717) is 5.75 Å².